The predicted molar refractivity (Wildman–Crippen MR) is 76.9 cm³/mol. The molecule has 0 aliphatic carbocycles. The van der Waals surface area contributed by atoms with E-state index in [0.29, 0.717) is 11.5 Å². The Kier molecular flexibility index (Phi) is 5.64. The summed E-state index contributed by atoms with van der Waals surface area (Å²) in [5, 5.41) is 8.98. The summed E-state index contributed by atoms with van der Waals surface area (Å²) >= 11 is 0. The summed E-state index contributed by atoms with van der Waals surface area (Å²) in [7, 11) is 0. The number of rotatable bonds is 6. The Balaban J connectivity index is 3.21. The zero-order valence-electron chi connectivity index (χ0n) is 12.1. The first-order valence-corrected chi connectivity index (χ1v) is 6.54. The highest BCUT2D eigenvalue weighted by Gasteiger charge is 2.21. The molecule has 1 heterocycles. The van der Waals surface area contributed by atoms with E-state index in [0.717, 1.165) is 0 Å². The molecule has 0 aliphatic heterocycles. The number of nitrogens with one attached hydrogen (secondary N) is 1. The Hall–Kier alpha value is -1.95. The lowest BCUT2D eigenvalue weighted by atomic mass is 10.1. The number of aromatic nitrogens is 2. The van der Waals surface area contributed by atoms with Crippen molar-refractivity contribution in [2.24, 2.45) is 0 Å². The van der Waals surface area contributed by atoms with Gasteiger partial charge in [0.2, 0.25) is 0 Å². The minimum Gasteiger partial charge on any atom is -0.395 e. The highest BCUT2D eigenvalue weighted by molar-refractivity contribution is 5.94. The molecule has 2 N–H and O–H groups in total. The summed E-state index contributed by atoms with van der Waals surface area (Å²) in [5.41, 5.74) is -0.0302. The van der Waals surface area contributed by atoms with Crippen LogP contribution in [0.1, 0.15) is 41.6 Å². The van der Waals surface area contributed by atoms with Crippen LogP contribution in [0.4, 0.5) is 0 Å². The van der Waals surface area contributed by atoms with Crippen molar-refractivity contribution in [2.75, 3.05) is 19.7 Å². The first-order chi connectivity index (χ1) is 9.42. The molecule has 1 rings (SSSR count). The van der Waals surface area contributed by atoms with Crippen molar-refractivity contribution < 1.29 is 9.90 Å². The SMILES string of the molecule is C=CCN(CCO)C(=O)c1c(C)nc(C(C)C)[nH]c1=O. The average molecular weight is 279 g/mol. The van der Waals surface area contributed by atoms with E-state index < -0.39 is 11.5 Å². The molecule has 0 atom stereocenters. The van der Waals surface area contributed by atoms with Gasteiger partial charge < -0.3 is 15.0 Å². The Morgan fingerprint density at radius 1 is 1.55 bits per heavy atom. The molecule has 1 aromatic rings. The summed E-state index contributed by atoms with van der Waals surface area (Å²) in [5.74, 6) is 0.189. The van der Waals surface area contributed by atoms with Crippen molar-refractivity contribution >= 4 is 5.91 Å². The van der Waals surface area contributed by atoms with Crippen molar-refractivity contribution in [3.63, 3.8) is 0 Å². The van der Waals surface area contributed by atoms with Crippen LogP contribution in [0.15, 0.2) is 17.4 Å². The number of aryl methyl sites for hydroxylation is 1. The summed E-state index contributed by atoms with van der Waals surface area (Å²) in [6.07, 6.45) is 1.55. The van der Waals surface area contributed by atoms with Crippen LogP contribution >= 0.6 is 0 Å². The number of H-pyrrole nitrogens is 1. The van der Waals surface area contributed by atoms with Gasteiger partial charge in [-0.1, -0.05) is 19.9 Å². The summed E-state index contributed by atoms with van der Waals surface area (Å²) < 4.78 is 0. The third kappa shape index (κ3) is 3.54. The summed E-state index contributed by atoms with van der Waals surface area (Å²) in [6, 6.07) is 0. The van der Waals surface area contributed by atoms with Crippen molar-refractivity contribution in [2.45, 2.75) is 26.7 Å². The molecule has 0 radical (unpaired) electrons. The van der Waals surface area contributed by atoms with Gasteiger partial charge in [-0.15, -0.1) is 6.58 Å². The van der Waals surface area contributed by atoms with Crippen LogP contribution < -0.4 is 5.56 Å². The number of carbonyl (C=O) groups is 1. The van der Waals surface area contributed by atoms with Gasteiger partial charge in [0.15, 0.2) is 0 Å². The minimum absolute atomic E-state index is 0.0182. The number of nitrogens with zero attached hydrogens (tertiary/aromatic N) is 2. The third-order valence-electron chi connectivity index (χ3n) is 2.89. The van der Waals surface area contributed by atoms with Crippen LogP contribution in [-0.4, -0.2) is 45.6 Å². The van der Waals surface area contributed by atoms with Crippen LogP contribution in [0.5, 0.6) is 0 Å². The number of amides is 1. The topological polar surface area (TPSA) is 86.3 Å². The summed E-state index contributed by atoms with van der Waals surface area (Å²) in [4.78, 5) is 32.7. The van der Waals surface area contributed by atoms with Crippen LogP contribution in [-0.2, 0) is 0 Å². The van der Waals surface area contributed by atoms with Gasteiger partial charge in [-0.25, -0.2) is 4.98 Å². The maximum absolute atomic E-state index is 12.4. The van der Waals surface area contributed by atoms with E-state index in [2.05, 4.69) is 16.5 Å². The zero-order valence-corrected chi connectivity index (χ0v) is 12.1. The molecule has 0 saturated carbocycles. The normalized spacial score (nSPS) is 10.7. The molecule has 0 unspecified atom stereocenters. The highest BCUT2D eigenvalue weighted by atomic mass is 16.3. The molecule has 1 amide bonds. The second-order valence-corrected chi connectivity index (χ2v) is 4.83. The molecule has 0 bridgehead atoms. The number of aliphatic hydroxyl groups is 1. The number of aromatic amines is 1. The zero-order chi connectivity index (χ0) is 15.3. The van der Waals surface area contributed by atoms with E-state index in [1.807, 2.05) is 13.8 Å². The quantitative estimate of drug-likeness (QED) is 0.755. The van der Waals surface area contributed by atoms with Gasteiger partial charge in [0, 0.05) is 19.0 Å². The maximum Gasteiger partial charge on any atom is 0.264 e. The van der Waals surface area contributed by atoms with Gasteiger partial charge in [0.1, 0.15) is 11.4 Å². The van der Waals surface area contributed by atoms with Gasteiger partial charge in [0.05, 0.1) is 12.3 Å². The molecule has 1 aromatic heterocycles. The average Bonchev–Trinajstić information content (AvgIpc) is 2.37. The Labute approximate surface area is 118 Å². The van der Waals surface area contributed by atoms with Crippen molar-refractivity contribution in [3.05, 3.63) is 40.1 Å². The first-order valence-electron chi connectivity index (χ1n) is 6.54. The fourth-order valence-electron chi connectivity index (χ4n) is 1.84. The maximum atomic E-state index is 12.4. The molecule has 20 heavy (non-hydrogen) atoms. The molecule has 6 nitrogen and oxygen atoms in total. The fourth-order valence-corrected chi connectivity index (χ4v) is 1.84. The number of aliphatic hydroxyl groups excluding tert-OH is 1. The number of hydrogen-bond donors (Lipinski definition) is 2. The van der Waals surface area contributed by atoms with Crippen LogP contribution in [0, 0.1) is 6.92 Å². The van der Waals surface area contributed by atoms with E-state index in [1.54, 1.807) is 13.0 Å². The second kappa shape index (κ2) is 7.00. The van der Waals surface area contributed by atoms with Crippen molar-refractivity contribution in [1.82, 2.24) is 14.9 Å². The second-order valence-electron chi connectivity index (χ2n) is 4.83. The molecule has 6 heteroatoms. The summed E-state index contributed by atoms with van der Waals surface area (Å²) in [6.45, 7) is 9.27. The van der Waals surface area contributed by atoms with Crippen molar-refractivity contribution in [3.8, 4) is 0 Å². The monoisotopic (exact) mass is 279 g/mol. The predicted octanol–water partition coefficient (Wildman–Crippen LogP) is 0.822. The van der Waals surface area contributed by atoms with E-state index in [1.165, 1.54) is 4.90 Å². The van der Waals surface area contributed by atoms with Crippen LogP contribution in [0.25, 0.3) is 0 Å². The Morgan fingerprint density at radius 3 is 2.65 bits per heavy atom. The van der Waals surface area contributed by atoms with Gasteiger partial charge in [-0.2, -0.15) is 0 Å². The van der Waals surface area contributed by atoms with Gasteiger partial charge >= 0.3 is 0 Å². The van der Waals surface area contributed by atoms with E-state index in [4.69, 9.17) is 5.11 Å². The highest BCUT2D eigenvalue weighted by Crippen LogP contribution is 2.10. The van der Waals surface area contributed by atoms with Crippen LogP contribution in [0.2, 0.25) is 0 Å². The van der Waals surface area contributed by atoms with Gasteiger partial charge in [-0.3, -0.25) is 9.59 Å². The van der Waals surface area contributed by atoms with Gasteiger partial charge in [-0.05, 0) is 6.92 Å². The molecular formula is C14H21N3O3. The Morgan fingerprint density at radius 2 is 2.20 bits per heavy atom. The van der Waals surface area contributed by atoms with Crippen molar-refractivity contribution in [1.29, 1.82) is 0 Å². The van der Waals surface area contributed by atoms with E-state index in [-0.39, 0.29) is 31.2 Å². The molecule has 0 aliphatic rings. The smallest absolute Gasteiger partial charge is 0.264 e. The fraction of sp³-hybridized carbons (Fsp3) is 0.500. The number of carbonyl (C=O) groups excluding carboxylic acids is 1. The van der Waals surface area contributed by atoms with E-state index in [9.17, 15) is 9.59 Å². The number of hydrogen-bond acceptors (Lipinski definition) is 4. The molecule has 0 fully saturated rings. The van der Waals surface area contributed by atoms with Crippen LogP contribution in [0.3, 0.4) is 0 Å². The molecule has 0 saturated heterocycles. The van der Waals surface area contributed by atoms with Gasteiger partial charge in [0.25, 0.3) is 11.5 Å². The molecule has 110 valence electrons. The first kappa shape index (κ1) is 16.1. The molecule has 0 spiro atoms. The Bertz CT molecular complexity index is 549. The third-order valence-corrected chi connectivity index (χ3v) is 2.89. The molecular weight excluding hydrogens is 258 g/mol. The minimum atomic E-state index is -0.446. The molecule has 0 aromatic carbocycles. The standard InChI is InChI=1S/C14H21N3O3/c1-5-6-17(7-8-18)14(20)11-10(4)15-12(9(2)3)16-13(11)19/h5,9,18H,1,6-8H2,2-4H3,(H,15,16,19). The lowest BCUT2D eigenvalue weighted by molar-refractivity contribution is 0.0739. The largest absolute Gasteiger partial charge is 0.395 e. The lowest BCUT2D eigenvalue weighted by Crippen LogP contribution is -2.38. The lowest BCUT2D eigenvalue weighted by Gasteiger charge is -2.20. The van der Waals surface area contributed by atoms with E-state index >= 15 is 0 Å².